The largest absolute Gasteiger partial charge is 0.366 e. The molecule has 1 aliphatic rings. The Kier molecular flexibility index (Phi) is 4.72. The third-order valence-corrected chi connectivity index (χ3v) is 6.27. The van der Waals surface area contributed by atoms with Crippen molar-refractivity contribution >= 4 is 33.4 Å². The molecular formula is C26H22N6O. The molecule has 1 aliphatic heterocycles. The zero-order valence-corrected chi connectivity index (χ0v) is 18.0. The summed E-state index contributed by atoms with van der Waals surface area (Å²) in [5.74, 6) is -0.0387. The highest BCUT2D eigenvalue weighted by Crippen LogP contribution is 2.27. The fraction of sp³-hybridized carbons (Fsp3) is 0.154. The van der Waals surface area contributed by atoms with Crippen molar-refractivity contribution < 1.29 is 4.79 Å². The fourth-order valence-electron chi connectivity index (χ4n) is 4.49. The van der Waals surface area contributed by atoms with Gasteiger partial charge in [0, 0.05) is 72.7 Å². The zero-order chi connectivity index (χ0) is 22.2. The van der Waals surface area contributed by atoms with Gasteiger partial charge in [0.25, 0.3) is 5.91 Å². The van der Waals surface area contributed by atoms with Crippen LogP contribution in [0.4, 0.5) is 5.69 Å². The molecule has 0 spiro atoms. The molecule has 4 aromatic heterocycles. The molecule has 0 bridgehead atoms. The number of rotatable bonds is 3. The molecule has 0 unspecified atom stereocenters. The Morgan fingerprint density at radius 3 is 2.64 bits per heavy atom. The minimum atomic E-state index is -0.0387. The van der Waals surface area contributed by atoms with E-state index in [9.17, 15) is 4.79 Å². The second kappa shape index (κ2) is 8.02. The maximum absolute atomic E-state index is 13.2. The highest BCUT2D eigenvalue weighted by atomic mass is 16.2. The lowest BCUT2D eigenvalue weighted by atomic mass is 10.1. The van der Waals surface area contributed by atoms with Gasteiger partial charge in [-0.1, -0.05) is 24.3 Å². The van der Waals surface area contributed by atoms with E-state index < -0.39 is 0 Å². The number of pyridine rings is 3. The summed E-state index contributed by atoms with van der Waals surface area (Å²) in [5.41, 5.74) is 4.33. The van der Waals surface area contributed by atoms with Gasteiger partial charge in [-0.05, 0) is 29.8 Å². The summed E-state index contributed by atoms with van der Waals surface area (Å²) < 4.78 is 0. The molecule has 5 heterocycles. The van der Waals surface area contributed by atoms with Gasteiger partial charge in [0.15, 0.2) is 0 Å². The maximum atomic E-state index is 13.2. The number of aromatic amines is 1. The summed E-state index contributed by atoms with van der Waals surface area (Å²) >= 11 is 0. The molecular weight excluding hydrogens is 412 g/mol. The fourth-order valence-corrected chi connectivity index (χ4v) is 4.49. The molecule has 33 heavy (non-hydrogen) atoms. The van der Waals surface area contributed by atoms with Gasteiger partial charge in [-0.3, -0.25) is 14.8 Å². The first-order valence-electron chi connectivity index (χ1n) is 11.0. The normalized spacial score (nSPS) is 14.2. The van der Waals surface area contributed by atoms with E-state index >= 15 is 0 Å². The zero-order valence-electron chi connectivity index (χ0n) is 18.0. The third-order valence-electron chi connectivity index (χ3n) is 6.27. The monoisotopic (exact) mass is 434 g/mol. The molecule has 1 saturated heterocycles. The van der Waals surface area contributed by atoms with Crippen molar-refractivity contribution in [2.24, 2.45) is 0 Å². The molecule has 7 nitrogen and oxygen atoms in total. The molecule has 7 heteroatoms. The molecule has 5 aromatic rings. The summed E-state index contributed by atoms with van der Waals surface area (Å²) in [6, 6.07) is 16.1. The number of hydrogen-bond donors (Lipinski definition) is 1. The van der Waals surface area contributed by atoms with Crippen LogP contribution in [0.3, 0.4) is 0 Å². The first-order chi connectivity index (χ1) is 16.3. The van der Waals surface area contributed by atoms with Gasteiger partial charge in [-0.15, -0.1) is 0 Å². The predicted octanol–water partition coefficient (Wildman–Crippen LogP) is 4.14. The van der Waals surface area contributed by atoms with Crippen molar-refractivity contribution in [3.05, 3.63) is 85.2 Å². The summed E-state index contributed by atoms with van der Waals surface area (Å²) in [5, 5.41) is 3.35. The number of amides is 1. The number of piperazine rings is 1. The SMILES string of the molecule is O=C(c1cc(-c2cnc3[nH]ccc3c2)ccn1)N1CCN(c2cncc3ccccc23)CC1. The van der Waals surface area contributed by atoms with E-state index in [1.54, 1.807) is 6.20 Å². The van der Waals surface area contributed by atoms with Crippen molar-refractivity contribution in [2.45, 2.75) is 0 Å². The van der Waals surface area contributed by atoms with Crippen LogP contribution < -0.4 is 4.90 Å². The summed E-state index contributed by atoms with van der Waals surface area (Å²) in [7, 11) is 0. The second-order valence-electron chi connectivity index (χ2n) is 8.23. The highest BCUT2D eigenvalue weighted by Gasteiger charge is 2.24. The topological polar surface area (TPSA) is 78.0 Å². The number of hydrogen-bond acceptors (Lipinski definition) is 5. The standard InChI is InChI=1S/C26H22N6O/c33-26(23-14-18(5-7-28-23)21-13-19-6-8-29-25(19)30-16-21)32-11-9-31(10-12-32)24-17-27-15-20-3-1-2-4-22(20)24/h1-8,13-17H,9-12H2,(H,29,30). The van der Waals surface area contributed by atoms with Gasteiger partial charge in [0.05, 0.1) is 11.9 Å². The average molecular weight is 435 g/mol. The van der Waals surface area contributed by atoms with E-state index in [1.165, 1.54) is 5.39 Å². The lowest BCUT2D eigenvalue weighted by molar-refractivity contribution is 0.0741. The smallest absolute Gasteiger partial charge is 0.272 e. The Labute approximate surface area is 190 Å². The van der Waals surface area contributed by atoms with Gasteiger partial charge in [-0.2, -0.15) is 0 Å². The van der Waals surface area contributed by atoms with Crippen molar-refractivity contribution in [1.29, 1.82) is 0 Å². The Morgan fingerprint density at radius 2 is 1.73 bits per heavy atom. The molecule has 1 aromatic carbocycles. The number of fused-ring (bicyclic) bond motifs is 2. The minimum Gasteiger partial charge on any atom is -0.366 e. The Hall–Kier alpha value is -4.26. The number of carbonyl (C=O) groups excluding carboxylic acids is 1. The van der Waals surface area contributed by atoms with E-state index in [0.29, 0.717) is 18.8 Å². The van der Waals surface area contributed by atoms with Crippen LogP contribution in [-0.4, -0.2) is 56.9 Å². The number of nitrogens with one attached hydrogen (secondary N) is 1. The van der Waals surface area contributed by atoms with Crippen molar-refractivity contribution in [2.75, 3.05) is 31.1 Å². The Balaban J connectivity index is 1.20. The third kappa shape index (κ3) is 3.57. The minimum absolute atomic E-state index is 0.0387. The van der Waals surface area contributed by atoms with Gasteiger partial charge in [0.2, 0.25) is 0 Å². The first-order valence-corrected chi connectivity index (χ1v) is 11.0. The van der Waals surface area contributed by atoms with Gasteiger partial charge in [0.1, 0.15) is 11.3 Å². The second-order valence-corrected chi connectivity index (χ2v) is 8.23. The van der Waals surface area contributed by atoms with Gasteiger partial charge in [-0.25, -0.2) is 4.98 Å². The number of anilines is 1. The molecule has 1 amide bonds. The lowest BCUT2D eigenvalue weighted by Crippen LogP contribution is -2.49. The van der Waals surface area contributed by atoms with Crippen LogP contribution in [0.25, 0.3) is 32.9 Å². The number of benzene rings is 1. The van der Waals surface area contributed by atoms with Crippen LogP contribution >= 0.6 is 0 Å². The molecule has 6 rings (SSSR count). The van der Waals surface area contributed by atoms with Crippen LogP contribution in [0.5, 0.6) is 0 Å². The van der Waals surface area contributed by atoms with Crippen molar-refractivity contribution in [3.8, 4) is 11.1 Å². The molecule has 0 aliphatic carbocycles. The van der Waals surface area contributed by atoms with Crippen molar-refractivity contribution in [1.82, 2.24) is 24.8 Å². The highest BCUT2D eigenvalue weighted by molar-refractivity contribution is 5.95. The number of aromatic nitrogens is 4. The molecule has 0 saturated carbocycles. The Morgan fingerprint density at radius 1 is 0.848 bits per heavy atom. The molecule has 0 atom stereocenters. The average Bonchev–Trinajstić information content (AvgIpc) is 3.36. The van der Waals surface area contributed by atoms with Crippen LogP contribution in [-0.2, 0) is 0 Å². The Bertz CT molecular complexity index is 1460. The maximum Gasteiger partial charge on any atom is 0.272 e. The van der Waals surface area contributed by atoms with Gasteiger partial charge >= 0.3 is 0 Å². The molecule has 162 valence electrons. The van der Waals surface area contributed by atoms with E-state index in [4.69, 9.17) is 0 Å². The van der Waals surface area contributed by atoms with E-state index in [0.717, 1.165) is 46.3 Å². The lowest BCUT2D eigenvalue weighted by Gasteiger charge is -2.36. The predicted molar refractivity (Wildman–Crippen MR) is 129 cm³/mol. The van der Waals surface area contributed by atoms with E-state index in [-0.39, 0.29) is 5.91 Å². The van der Waals surface area contributed by atoms with E-state index in [2.05, 4.69) is 43.0 Å². The van der Waals surface area contributed by atoms with Crippen LogP contribution in [0.2, 0.25) is 0 Å². The molecule has 1 fully saturated rings. The van der Waals surface area contributed by atoms with Crippen LogP contribution in [0.1, 0.15) is 10.5 Å². The van der Waals surface area contributed by atoms with Crippen molar-refractivity contribution in [3.63, 3.8) is 0 Å². The molecule has 0 radical (unpaired) electrons. The van der Waals surface area contributed by atoms with E-state index in [1.807, 2.05) is 60.0 Å². The quantitative estimate of drug-likeness (QED) is 0.462. The first kappa shape index (κ1) is 19.4. The summed E-state index contributed by atoms with van der Waals surface area (Å²) in [6.07, 6.45) is 9.19. The number of carbonyl (C=O) groups is 1. The summed E-state index contributed by atoms with van der Waals surface area (Å²) in [4.78, 5) is 33.7. The van der Waals surface area contributed by atoms with Gasteiger partial charge < -0.3 is 14.8 Å². The number of H-pyrrole nitrogens is 1. The number of nitrogens with zero attached hydrogens (tertiary/aromatic N) is 5. The van der Waals surface area contributed by atoms with Crippen LogP contribution in [0.15, 0.2) is 79.5 Å². The van der Waals surface area contributed by atoms with Crippen LogP contribution in [0, 0.1) is 0 Å². The molecule has 1 N–H and O–H groups in total. The summed E-state index contributed by atoms with van der Waals surface area (Å²) in [6.45, 7) is 2.81.